The van der Waals surface area contributed by atoms with E-state index in [2.05, 4.69) is 173 Å². The van der Waals surface area contributed by atoms with Gasteiger partial charge in [0.05, 0.1) is 46.7 Å². The summed E-state index contributed by atoms with van der Waals surface area (Å²) in [5.41, 5.74) is 11.9. The molecule has 0 unspecified atom stereocenters. The zero-order chi connectivity index (χ0) is 67.7. The fourth-order valence-electron chi connectivity index (χ4n) is 16.1. The van der Waals surface area contributed by atoms with Crippen LogP contribution in [0.5, 0.6) is 23.0 Å². The highest BCUT2D eigenvalue weighted by Gasteiger charge is 2.54. The molecule has 2 heterocycles. The summed E-state index contributed by atoms with van der Waals surface area (Å²) in [6.07, 6.45) is 52.5. The van der Waals surface area contributed by atoms with Gasteiger partial charge in [0.15, 0.2) is 0 Å². The Balaban J connectivity index is 0.973. The number of unbranched alkanes of at least 4 members (excludes halogenated alkanes) is 36. The predicted octanol–water partition coefficient (Wildman–Crippen LogP) is 28.9. The van der Waals surface area contributed by atoms with Gasteiger partial charge in [-0.25, -0.2) is 0 Å². The van der Waals surface area contributed by atoms with Crippen molar-refractivity contribution in [3.8, 4) is 43.9 Å². The van der Waals surface area contributed by atoms with Crippen molar-refractivity contribution in [3.63, 3.8) is 0 Å². The number of hydrogen-bond acceptors (Lipinski definition) is 6. The van der Waals surface area contributed by atoms with E-state index in [0.717, 1.165) is 75.1 Å². The highest BCUT2D eigenvalue weighted by molar-refractivity contribution is 7.32. The van der Waals surface area contributed by atoms with E-state index in [4.69, 9.17) is 18.9 Å². The van der Waals surface area contributed by atoms with Crippen molar-refractivity contribution in [2.75, 3.05) is 26.4 Å². The molecule has 0 saturated carbocycles. The maximum absolute atomic E-state index is 6.61. The summed E-state index contributed by atoms with van der Waals surface area (Å²) in [6.45, 7) is 12.2. The average Bonchev–Trinajstić information content (AvgIpc) is 1.49. The lowest BCUT2D eigenvalue weighted by atomic mass is 9.67. The van der Waals surface area contributed by atoms with Crippen molar-refractivity contribution in [1.82, 2.24) is 0 Å². The Hall–Kier alpha value is -5.82. The van der Waals surface area contributed by atoms with Gasteiger partial charge in [-0.15, -0.1) is 22.7 Å². The zero-order valence-electron chi connectivity index (χ0n) is 61.4. The molecule has 0 amide bonds. The van der Waals surface area contributed by atoms with Crippen LogP contribution in [0.1, 0.15) is 329 Å². The fraction of sp³-hybridized carbons (Fsp3) is 0.543. The third kappa shape index (κ3) is 19.4. The van der Waals surface area contributed by atoms with Crippen LogP contribution >= 0.6 is 22.7 Å². The molecule has 6 heteroatoms. The van der Waals surface area contributed by atoms with Crippen LogP contribution in [0.3, 0.4) is 0 Å². The van der Waals surface area contributed by atoms with E-state index >= 15 is 0 Å². The summed E-state index contributed by atoms with van der Waals surface area (Å²) >= 11 is 4.04. The molecule has 6 aromatic carbocycles. The molecule has 0 fully saturated rings. The largest absolute Gasteiger partial charge is 0.494 e. The molecule has 98 heavy (non-hydrogen) atoms. The summed E-state index contributed by atoms with van der Waals surface area (Å²) in [7, 11) is 0. The lowest BCUT2D eigenvalue weighted by Crippen LogP contribution is -2.29. The van der Waals surface area contributed by atoms with Crippen LogP contribution in [0.2, 0.25) is 0 Å². The fourth-order valence-corrected chi connectivity index (χ4v) is 19.3. The summed E-state index contributed by atoms with van der Waals surface area (Å²) in [5, 5.41) is 0. The van der Waals surface area contributed by atoms with Gasteiger partial charge in [-0.3, -0.25) is 0 Å². The molecule has 2 aliphatic carbocycles. The minimum Gasteiger partial charge on any atom is -0.494 e. The van der Waals surface area contributed by atoms with Gasteiger partial charge in [-0.1, -0.05) is 356 Å². The number of benzene rings is 6. The minimum atomic E-state index is -0.616. The van der Waals surface area contributed by atoms with E-state index in [1.807, 2.05) is 22.7 Å². The van der Waals surface area contributed by atoms with Gasteiger partial charge in [-0.2, -0.15) is 0 Å². The molecule has 0 saturated heterocycles. The molecule has 8 aromatic rings. The number of thiophene rings is 2. The van der Waals surface area contributed by atoms with Crippen LogP contribution in [-0.4, -0.2) is 26.4 Å². The lowest BCUT2D eigenvalue weighted by molar-refractivity contribution is 0.304. The maximum Gasteiger partial charge on any atom is 0.119 e. The Morgan fingerprint density at radius 1 is 0.235 bits per heavy atom. The van der Waals surface area contributed by atoms with E-state index in [-0.39, 0.29) is 0 Å². The molecule has 0 aliphatic heterocycles. The molecule has 0 atom stereocenters. The van der Waals surface area contributed by atoms with Crippen LogP contribution in [0.4, 0.5) is 0 Å². The number of hydrogen-bond donors (Lipinski definition) is 0. The molecule has 0 spiro atoms. The Labute approximate surface area is 602 Å². The summed E-state index contributed by atoms with van der Waals surface area (Å²) in [5.74, 6) is 3.78. The lowest BCUT2D eigenvalue weighted by Gasteiger charge is -2.34. The normalized spacial score (nSPS) is 13.2. The van der Waals surface area contributed by atoms with Gasteiger partial charge in [0.2, 0.25) is 0 Å². The van der Waals surface area contributed by atoms with Crippen molar-refractivity contribution in [2.45, 2.75) is 295 Å². The van der Waals surface area contributed by atoms with Crippen molar-refractivity contribution in [3.05, 3.63) is 190 Å². The van der Waals surface area contributed by atoms with Gasteiger partial charge in [0, 0.05) is 20.9 Å². The molecule has 10 rings (SSSR count). The first kappa shape index (κ1) is 74.9. The third-order valence-electron chi connectivity index (χ3n) is 21.6. The van der Waals surface area contributed by atoms with E-state index in [9.17, 15) is 0 Å². The molecule has 528 valence electrons. The highest BCUT2D eigenvalue weighted by atomic mass is 32.1. The van der Waals surface area contributed by atoms with Crippen LogP contribution in [0.15, 0.2) is 146 Å². The second-order valence-corrected chi connectivity index (χ2v) is 31.1. The maximum atomic E-state index is 6.61. The predicted molar refractivity (Wildman–Crippen MR) is 424 cm³/mol. The van der Waals surface area contributed by atoms with Gasteiger partial charge < -0.3 is 18.9 Å². The highest BCUT2D eigenvalue weighted by Crippen LogP contribution is 2.68. The first-order chi connectivity index (χ1) is 48.6. The van der Waals surface area contributed by atoms with E-state index in [1.54, 1.807) is 0 Å². The van der Waals surface area contributed by atoms with Gasteiger partial charge >= 0.3 is 0 Å². The Morgan fingerprint density at radius 3 is 0.663 bits per heavy atom. The molecule has 4 nitrogen and oxygen atoms in total. The van der Waals surface area contributed by atoms with E-state index in [0.29, 0.717) is 0 Å². The number of fused-ring (bicyclic) bond motifs is 9. The topological polar surface area (TPSA) is 36.9 Å². The summed E-state index contributed by atoms with van der Waals surface area (Å²) in [4.78, 5) is 2.73. The van der Waals surface area contributed by atoms with E-state index < -0.39 is 10.8 Å². The molecule has 0 N–H and O–H groups in total. The summed E-state index contributed by atoms with van der Waals surface area (Å²) in [6, 6.07) is 55.8. The van der Waals surface area contributed by atoms with Gasteiger partial charge in [-0.05, 0) is 119 Å². The Kier molecular flexibility index (Phi) is 31.5. The second-order valence-electron chi connectivity index (χ2n) is 29.1. The zero-order valence-corrected chi connectivity index (χ0v) is 63.1. The SMILES string of the molecule is CCCCCCCCCCCCOc1ccc(C2(c3ccc(OCCCCCCCCCCCC)cc3)c3ccccc3-c3sc4c5c(sc4c32)-c2ccccc2C5(c2ccc(OCCCCCCCCCCCC)cc2)c2ccc(OCCCCCCCCCCCC)cc2)cc1. The molecule has 2 aliphatic rings. The summed E-state index contributed by atoms with van der Waals surface area (Å²) < 4.78 is 29.2. The third-order valence-corrected chi connectivity index (χ3v) is 24.3. The standard InChI is InChI=1S/C92H124O4S2/c1-5-9-13-17-21-25-29-33-37-45-69-93-77-61-53-73(54-62-77)91(74-55-63-78(64-56-74)94-70-46-38-34-30-26-22-18-14-10-6-2)83-51-43-41-49-81(83)87-85(91)89-90(97-87)86-88(98-89)82-50-42-44-52-84(82)92(86,75-57-65-79(66-58-75)95-71-47-39-35-31-27-23-19-15-11-7-3)76-59-67-80(68-60-76)96-72-48-40-36-32-28-24-20-16-12-8-4/h41-44,49-68H,5-40,45-48,69-72H2,1-4H3. The van der Waals surface area contributed by atoms with Crippen molar-refractivity contribution in [2.24, 2.45) is 0 Å². The van der Waals surface area contributed by atoms with Crippen LogP contribution in [0.25, 0.3) is 30.3 Å². The molecule has 0 bridgehead atoms. The smallest absolute Gasteiger partial charge is 0.119 e. The monoisotopic (exact) mass is 1360 g/mol. The number of ether oxygens (including phenoxy) is 4. The van der Waals surface area contributed by atoms with Gasteiger partial charge in [0.25, 0.3) is 0 Å². The number of rotatable bonds is 52. The quantitative estimate of drug-likeness (QED) is 0.0356. The molecule has 2 aromatic heterocycles. The average molecular weight is 1360 g/mol. The van der Waals surface area contributed by atoms with Crippen LogP contribution in [0, 0.1) is 0 Å². The molecule has 0 radical (unpaired) electrons. The first-order valence-corrected chi connectivity index (χ1v) is 41.9. The minimum absolute atomic E-state index is 0.616. The second kappa shape index (κ2) is 41.2. The van der Waals surface area contributed by atoms with Crippen LogP contribution in [-0.2, 0) is 10.8 Å². The molecular weight excluding hydrogens is 1230 g/mol. The van der Waals surface area contributed by atoms with Crippen molar-refractivity contribution >= 4 is 32.1 Å². The van der Waals surface area contributed by atoms with Crippen LogP contribution < -0.4 is 18.9 Å². The van der Waals surface area contributed by atoms with Crippen molar-refractivity contribution < 1.29 is 18.9 Å². The Morgan fingerprint density at radius 2 is 0.439 bits per heavy atom. The molecular formula is C92H124O4S2. The van der Waals surface area contributed by atoms with E-state index in [1.165, 1.54) is 306 Å². The van der Waals surface area contributed by atoms with Gasteiger partial charge in [0.1, 0.15) is 23.0 Å². The Bertz CT molecular complexity index is 3130. The first-order valence-electron chi connectivity index (χ1n) is 40.3. The van der Waals surface area contributed by atoms with Crippen molar-refractivity contribution in [1.29, 1.82) is 0 Å².